The van der Waals surface area contributed by atoms with Crippen LogP contribution in [0.15, 0.2) is 4.79 Å². The Hall–Kier alpha value is -1.34. The summed E-state index contributed by atoms with van der Waals surface area (Å²) in [7, 11) is 0. The van der Waals surface area contributed by atoms with E-state index in [0.29, 0.717) is 23.2 Å². The van der Waals surface area contributed by atoms with E-state index in [1.54, 1.807) is 11.3 Å². The number of aryl methyl sites for hydroxylation is 1. The zero-order valence-corrected chi connectivity index (χ0v) is 17.3. The van der Waals surface area contributed by atoms with Crippen LogP contribution in [-0.2, 0) is 23.4 Å². The molecule has 0 bridgehead atoms. The molecule has 0 saturated heterocycles. The summed E-state index contributed by atoms with van der Waals surface area (Å²) in [4.78, 5) is 34.3. The number of aromatic nitrogens is 2. The molecule has 7 heteroatoms. The van der Waals surface area contributed by atoms with Gasteiger partial charge in [0.1, 0.15) is 10.7 Å². The van der Waals surface area contributed by atoms with Gasteiger partial charge in [0.05, 0.1) is 16.9 Å². The van der Waals surface area contributed by atoms with E-state index in [4.69, 9.17) is 0 Å². The highest BCUT2D eigenvalue weighted by molar-refractivity contribution is 7.99. The predicted molar refractivity (Wildman–Crippen MR) is 110 cm³/mol. The molecule has 0 aliphatic heterocycles. The number of aromatic amines is 1. The first-order valence-electron chi connectivity index (χ1n) is 9.38. The molecule has 2 aromatic heterocycles. The maximum Gasteiger partial charge on any atom is 0.259 e. The summed E-state index contributed by atoms with van der Waals surface area (Å²) in [5.41, 5.74) is 1.18. The van der Waals surface area contributed by atoms with Crippen LogP contribution in [-0.4, -0.2) is 27.7 Å². The first kappa shape index (κ1) is 19.4. The first-order chi connectivity index (χ1) is 12.5. The average molecular weight is 394 g/mol. The highest BCUT2D eigenvalue weighted by Gasteiger charge is 2.23. The van der Waals surface area contributed by atoms with E-state index >= 15 is 0 Å². The van der Waals surface area contributed by atoms with Crippen molar-refractivity contribution in [2.75, 3.05) is 5.75 Å². The highest BCUT2D eigenvalue weighted by atomic mass is 32.2. The molecule has 142 valence electrons. The summed E-state index contributed by atoms with van der Waals surface area (Å²) in [6.45, 7) is 6.40. The fourth-order valence-electron chi connectivity index (χ4n) is 3.52. The van der Waals surface area contributed by atoms with Crippen LogP contribution in [0.1, 0.15) is 56.3 Å². The van der Waals surface area contributed by atoms with Gasteiger partial charge in [-0.15, -0.1) is 23.1 Å². The third-order valence-corrected chi connectivity index (χ3v) is 6.91. The van der Waals surface area contributed by atoms with Crippen molar-refractivity contribution in [3.63, 3.8) is 0 Å². The van der Waals surface area contributed by atoms with E-state index in [9.17, 15) is 9.59 Å². The fraction of sp³-hybridized carbons (Fsp3) is 0.632. The molecule has 5 nitrogen and oxygen atoms in total. The number of thiophene rings is 1. The second-order valence-corrected chi connectivity index (χ2v) is 9.36. The molecule has 0 saturated carbocycles. The molecule has 26 heavy (non-hydrogen) atoms. The van der Waals surface area contributed by atoms with E-state index in [1.807, 2.05) is 6.92 Å². The van der Waals surface area contributed by atoms with Gasteiger partial charge in [-0.05, 0) is 44.1 Å². The van der Waals surface area contributed by atoms with E-state index in [2.05, 4.69) is 29.1 Å². The lowest BCUT2D eigenvalue weighted by Gasteiger charge is -2.17. The Labute approximate surface area is 162 Å². The number of fused-ring (bicyclic) bond motifs is 3. The normalized spacial score (nSPS) is 17.9. The molecular formula is C19H27N3O2S2. The molecule has 2 atom stereocenters. The van der Waals surface area contributed by atoms with Crippen LogP contribution < -0.4 is 10.9 Å². The van der Waals surface area contributed by atoms with Gasteiger partial charge in [0.15, 0.2) is 0 Å². The van der Waals surface area contributed by atoms with Crippen LogP contribution in [0.4, 0.5) is 0 Å². The van der Waals surface area contributed by atoms with Crippen LogP contribution >= 0.6 is 23.1 Å². The Balaban J connectivity index is 1.64. The SMILES string of the molecule is CCC[C@@H](C)NC(=O)CSCc1nc2sc3c(c2c(=O)[nH]1)CC[C@@H](C)C3. The van der Waals surface area contributed by atoms with Gasteiger partial charge in [0, 0.05) is 10.9 Å². The molecule has 2 heterocycles. The zero-order valence-electron chi connectivity index (χ0n) is 15.7. The van der Waals surface area contributed by atoms with Crippen molar-refractivity contribution in [3.05, 3.63) is 26.6 Å². The third-order valence-electron chi connectivity index (χ3n) is 4.82. The molecule has 0 radical (unpaired) electrons. The summed E-state index contributed by atoms with van der Waals surface area (Å²) < 4.78 is 0. The molecule has 0 aromatic carbocycles. The Morgan fingerprint density at radius 3 is 3.08 bits per heavy atom. The average Bonchev–Trinajstić information content (AvgIpc) is 2.92. The van der Waals surface area contributed by atoms with Crippen LogP contribution in [0.3, 0.4) is 0 Å². The minimum atomic E-state index is -0.0290. The van der Waals surface area contributed by atoms with Crippen LogP contribution in [0.25, 0.3) is 10.2 Å². The number of hydrogen-bond donors (Lipinski definition) is 2. The lowest BCUT2D eigenvalue weighted by molar-refractivity contribution is -0.119. The molecule has 2 aromatic rings. The molecular weight excluding hydrogens is 366 g/mol. The van der Waals surface area contributed by atoms with Crippen molar-refractivity contribution in [3.8, 4) is 0 Å². The van der Waals surface area contributed by atoms with Crippen molar-refractivity contribution >= 4 is 39.2 Å². The zero-order chi connectivity index (χ0) is 18.7. The summed E-state index contributed by atoms with van der Waals surface area (Å²) in [6, 6.07) is 0.210. The lowest BCUT2D eigenvalue weighted by atomic mass is 9.89. The minimum absolute atomic E-state index is 0.0290. The second-order valence-electron chi connectivity index (χ2n) is 7.29. The van der Waals surface area contributed by atoms with E-state index in [0.717, 1.165) is 42.3 Å². The minimum Gasteiger partial charge on any atom is -0.353 e. The molecule has 3 rings (SSSR count). The number of nitrogens with zero attached hydrogens (tertiary/aromatic N) is 1. The van der Waals surface area contributed by atoms with Gasteiger partial charge in [-0.2, -0.15) is 0 Å². The van der Waals surface area contributed by atoms with Crippen LogP contribution in [0.5, 0.6) is 0 Å². The van der Waals surface area contributed by atoms with Crippen molar-refractivity contribution in [2.45, 2.75) is 64.7 Å². The Bertz CT molecular complexity index is 843. The summed E-state index contributed by atoms with van der Waals surface area (Å²) >= 11 is 3.15. The Kier molecular flexibility index (Phi) is 6.40. The molecule has 2 N–H and O–H groups in total. The molecule has 0 spiro atoms. The largest absolute Gasteiger partial charge is 0.353 e. The lowest BCUT2D eigenvalue weighted by Crippen LogP contribution is -2.33. The molecule has 1 amide bonds. The van der Waals surface area contributed by atoms with Crippen molar-refractivity contribution in [1.29, 1.82) is 0 Å². The van der Waals surface area contributed by atoms with Crippen LogP contribution in [0, 0.1) is 5.92 Å². The van der Waals surface area contributed by atoms with Gasteiger partial charge in [-0.1, -0.05) is 20.3 Å². The quantitative estimate of drug-likeness (QED) is 0.753. The van der Waals surface area contributed by atoms with Gasteiger partial charge in [-0.25, -0.2) is 4.98 Å². The topological polar surface area (TPSA) is 74.8 Å². The van der Waals surface area contributed by atoms with E-state index in [-0.39, 0.29) is 17.5 Å². The highest BCUT2D eigenvalue weighted by Crippen LogP contribution is 2.35. The number of thioether (sulfide) groups is 1. The maximum atomic E-state index is 12.6. The van der Waals surface area contributed by atoms with Gasteiger partial charge in [0.2, 0.25) is 5.91 Å². The number of nitrogens with one attached hydrogen (secondary N) is 2. The number of rotatable bonds is 7. The molecule has 0 fully saturated rings. The smallest absolute Gasteiger partial charge is 0.259 e. The maximum absolute atomic E-state index is 12.6. The number of amides is 1. The summed E-state index contributed by atoms with van der Waals surface area (Å²) in [5, 5.41) is 3.78. The van der Waals surface area contributed by atoms with Gasteiger partial charge in [0.25, 0.3) is 5.56 Å². The molecule has 1 aliphatic carbocycles. The Morgan fingerprint density at radius 2 is 2.31 bits per heavy atom. The number of hydrogen-bond acceptors (Lipinski definition) is 5. The van der Waals surface area contributed by atoms with Crippen molar-refractivity contribution in [1.82, 2.24) is 15.3 Å². The standard InChI is InChI=1S/C19H27N3O2S2/c1-4-5-12(3)20-16(23)10-25-9-15-21-18(24)17-13-7-6-11(2)8-14(13)26-19(17)22-15/h11-12H,4-10H2,1-3H3,(H,20,23)(H,21,22,24)/t11-,12-/m1/s1. The fourth-order valence-corrected chi connectivity index (χ4v) is 5.63. The van der Waals surface area contributed by atoms with E-state index < -0.39 is 0 Å². The predicted octanol–water partition coefficient (Wildman–Crippen LogP) is 3.65. The molecule has 1 aliphatic rings. The van der Waals surface area contributed by atoms with Gasteiger partial charge >= 0.3 is 0 Å². The summed E-state index contributed by atoms with van der Waals surface area (Å²) in [6.07, 6.45) is 5.22. The number of carbonyl (C=O) groups excluding carboxylic acids is 1. The third kappa shape index (κ3) is 4.49. The van der Waals surface area contributed by atoms with E-state index in [1.165, 1.54) is 22.2 Å². The van der Waals surface area contributed by atoms with Crippen LogP contribution in [0.2, 0.25) is 0 Å². The van der Waals surface area contributed by atoms with Crippen molar-refractivity contribution < 1.29 is 4.79 Å². The number of carbonyl (C=O) groups is 1. The van der Waals surface area contributed by atoms with Gasteiger partial charge in [-0.3, -0.25) is 9.59 Å². The Morgan fingerprint density at radius 1 is 1.50 bits per heavy atom. The monoisotopic (exact) mass is 393 g/mol. The number of H-pyrrole nitrogens is 1. The van der Waals surface area contributed by atoms with Crippen molar-refractivity contribution in [2.24, 2.45) is 5.92 Å². The summed E-state index contributed by atoms with van der Waals surface area (Å²) in [5.74, 6) is 2.31. The first-order valence-corrected chi connectivity index (χ1v) is 11.4. The van der Waals surface area contributed by atoms with Gasteiger partial charge < -0.3 is 10.3 Å². The molecule has 0 unspecified atom stereocenters. The second kappa shape index (κ2) is 8.57.